The molecule has 1 aromatic heterocycles. The minimum absolute atomic E-state index is 0.0335. The number of hydrogen-bond donors (Lipinski definition) is 6. The van der Waals surface area contributed by atoms with Crippen molar-refractivity contribution in [1.29, 1.82) is 0 Å². The molecule has 5 aromatic rings. The van der Waals surface area contributed by atoms with Crippen LogP contribution in [0.25, 0.3) is 11.1 Å². The minimum Gasteiger partial charge on any atom is -0.484 e. The van der Waals surface area contributed by atoms with Gasteiger partial charge < -0.3 is 36.4 Å². The van der Waals surface area contributed by atoms with E-state index >= 15 is 0 Å². The quantitative estimate of drug-likeness (QED) is 0.106. The van der Waals surface area contributed by atoms with Crippen LogP contribution in [-0.4, -0.2) is 76.9 Å². The first kappa shape index (κ1) is 43.8. The number of thiophene rings is 1. The molecule has 4 aromatic carbocycles. The Kier molecular flexibility index (Phi) is 14.7. The Morgan fingerprint density at radius 2 is 1.30 bits per heavy atom. The summed E-state index contributed by atoms with van der Waals surface area (Å²) < 4.78 is 5.76. The van der Waals surface area contributed by atoms with Crippen LogP contribution in [0.3, 0.4) is 0 Å². The van der Waals surface area contributed by atoms with E-state index in [2.05, 4.69) is 26.6 Å². The van der Waals surface area contributed by atoms with Crippen LogP contribution in [0.4, 0.5) is 0 Å². The molecule has 0 saturated carbocycles. The number of benzene rings is 4. The predicted molar refractivity (Wildman–Crippen MR) is 232 cm³/mol. The predicted octanol–water partition coefficient (Wildman–Crippen LogP) is 4.39. The molecule has 0 radical (unpaired) electrons. The van der Waals surface area contributed by atoms with Crippen LogP contribution < -0.4 is 31.3 Å². The summed E-state index contributed by atoms with van der Waals surface area (Å²) in [5, 5.41) is 25.5. The van der Waals surface area contributed by atoms with Crippen LogP contribution >= 0.6 is 11.3 Å². The highest BCUT2D eigenvalue weighted by Crippen LogP contribution is 2.21. The molecule has 5 amide bonds. The molecule has 2 aliphatic heterocycles. The lowest BCUT2D eigenvalue weighted by Crippen LogP contribution is -2.60. The fourth-order valence-corrected chi connectivity index (χ4v) is 7.54. The second-order valence-corrected chi connectivity index (χ2v) is 16.5. The third-order valence-electron chi connectivity index (χ3n) is 10.3. The minimum atomic E-state index is -1.67. The molecular formula is C47H49N5O8S. The Morgan fingerprint density at radius 3 is 1.93 bits per heavy atom. The molecule has 13 nitrogen and oxygen atoms in total. The van der Waals surface area contributed by atoms with Crippen molar-refractivity contribution in [1.82, 2.24) is 26.6 Å². The normalized spacial score (nSPS) is 19.1. The van der Waals surface area contributed by atoms with Gasteiger partial charge in [0.1, 0.15) is 35.5 Å². The van der Waals surface area contributed by atoms with E-state index in [-0.39, 0.29) is 25.7 Å². The maximum Gasteiger partial charge on any atom is 0.328 e. The number of hydrogen-bond acceptors (Lipinski definition) is 8. The first-order valence-electron chi connectivity index (χ1n) is 20.0. The number of aliphatic carboxylic acids is 1. The highest BCUT2D eigenvalue weighted by atomic mass is 32.1. The molecule has 0 spiro atoms. The van der Waals surface area contributed by atoms with E-state index in [1.54, 1.807) is 24.3 Å². The van der Waals surface area contributed by atoms with Gasteiger partial charge in [0.05, 0.1) is 0 Å². The summed E-state index contributed by atoms with van der Waals surface area (Å²) in [5.41, 5.74) is 2.51. The van der Waals surface area contributed by atoms with Gasteiger partial charge in [0.15, 0.2) is 6.61 Å². The first-order valence-corrected chi connectivity index (χ1v) is 20.9. The topological polar surface area (TPSA) is 192 Å². The van der Waals surface area contributed by atoms with Crippen molar-refractivity contribution >= 4 is 46.8 Å². The van der Waals surface area contributed by atoms with Crippen molar-refractivity contribution in [3.05, 3.63) is 148 Å². The van der Waals surface area contributed by atoms with Crippen molar-refractivity contribution in [3.63, 3.8) is 0 Å². The highest BCUT2D eigenvalue weighted by Gasteiger charge is 2.35. The summed E-state index contributed by atoms with van der Waals surface area (Å²) in [6, 6.07) is 32.2. The fourth-order valence-electron chi connectivity index (χ4n) is 6.79. The van der Waals surface area contributed by atoms with Crippen LogP contribution in [0.2, 0.25) is 0 Å². The van der Waals surface area contributed by atoms with E-state index in [4.69, 9.17) is 4.74 Å². The average Bonchev–Trinajstić information content (AvgIpc) is 3.77. The molecular weight excluding hydrogens is 795 g/mol. The van der Waals surface area contributed by atoms with Gasteiger partial charge in [-0.15, -0.1) is 11.3 Å². The third kappa shape index (κ3) is 12.6. The van der Waals surface area contributed by atoms with E-state index in [0.29, 0.717) is 17.7 Å². The number of ether oxygens (including phenoxy) is 1. The van der Waals surface area contributed by atoms with Crippen molar-refractivity contribution in [3.8, 4) is 16.9 Å². The summed E-state index contributed by atoms with van der Waals surface area (Å²) >= 11 is 1.42. The number of carboxylic acid groups (broad SMARTS) is 1. The molecule has 6 N–H and O–H groups in total. The van der Waals surface area contributed by atoms with Gasteiger partial charge in [-0.2, -0.15) is 0 Å². The van der Waals surface area contributed by atoms with Crippen molar-refractivity contribution in [2.24, 2.45) is 0 Å². The standard InChI is InChI=1S/C47H49N5O8S/c1-47(2,46(58)59)52-45(57)39-27-32-17-22-35(23-18-32)60-29-41(53)48-40(28-36-14-9-25-61-36)44(56)50-38(26-31-15-20-34(21-16-31)33-12-7-4-8-13-33)43(55)49-37(42(54)51-39)24-19-30-10-5-3-6-11-30/h3-18,20-23,25,37-40H,19,24,26-29H2,1-2H3,(H,48,53)(H,49,55)(H,50,56)(H,51,54)(H,52,57)(H,58,59)/t37-,38+,39+,40-/m1/s1. The Morgan fingerprint density at radius 1 is 0.689 bits per heavy atom. The van der Waals surface area contributed by atoms with Crippen LogP contribution in [0.5, 0.6) is 5.75 Å². The van der Waals surface area contributed by atoms with Gasteiger partial charge in [-0.3, -0.25) is 24.0 Å². The number of carbonyl (C=O) groups is 6. The summed E-state index contributed by atoms with van der Waals surface area (Å²) in [6.07, 6.45) is 0.623. The Bertz CT molecular complexity index is 2290. The Hall–Kier alpha value is -6.80. The maximum absolute atomic E-state index is 14.5. The van der Waals surface area contributed by atoms with Gasteiger partial charge >= 0.3 is 5.97 Å². The van der Waals surface area contributed by atoms with Crippen molar-refractivity contribution in [2.75, 3.05) is 6.61 Å². The van der Waals surface area contributed by atoms with E-state index in [0.717, 1.165) is 27.1 Å². The summed E-state index contributed by atoms with van der Waals surface area (Å²) in [5.74, 6) is -4.23. The van der Waals surface area contributed by atoms with E-state index in [1.807, 2.05) is 102 Å². The van der Waals surface area contributed by atoms with Crippen LogP contribution in [0.15, 0.2) is 127 Å². The monoisotopic (exact) mass is 843 g/mol. The number of rotatable bonds is 11. The zero-order valence-corrected chi connectivity index (χ0v) is 34.7. The summed E-state index contributed by atoms with van der Waals surface area (Å²) in [7, 11) is 0. The van der Waals surface area contributed by atoms with E-state index < -0.39 is 71.8 Å². The maximum atomic E-state index is 14.5. The molecule has 4 atom stereocenters. The van der Waals surface area contributed by atoms with Gasteiger partial charge in [0.25, 0.3) is 5.91 Å². The van der Waals surface area contributed by atoms with E-state index in [9.17, 15) is 33.9 Å². The van der Waals surface area contributed by atoms with E-state index in [1.165, 1.54) is 25.2 Å². The summed E-state index contributed by atoms with van der Waals surface area (Å²) in [4.78, 5) is 83.1. The molecule has 14 heteroatoms. The summed E-state index contributed by atoms with van der Waals surface area (Å²) in [6.45, 7) is 2.25. The number of amides is 5. The van der Waals surface area contributed by atoms with Crippen molar-refractivity contribution in [2.45, 2.75) is 75.7 Å². The molecule has 3 heterocycles. The molecule has 316 valence electrons. The van der Waals surface area contributed by atoms with Crippen molar-refractivity contribution < 1.29 is 38.6 Å². The second-order valence-electron chi connectivity index (χ2n) is 15.4. The number of carbonyl (C=O) groups excluding carboxylic acids is 5. The largest absolute Gasteiger partial charge is 0.484 e. The van der Waals surface area contributed by atoms with Gasteiger partial charge in [-0.1, -0.05) is 103 Å². The van der Waals surface area contributed by atoms with Gasteiger partial charge in [-0.05, 0) is 78.1 Å². The molecule has 0 saturated heterocycles. The van der Waals surface area contributed by atoms with Gasteiger partial charge in [0, 0.05) is 24.1 Å². The lowest BCUT2D eigenvalue weighted by Gasteiger charge is -2.28. The molecule has 0 fully saturated rings. The molecule has 2 bridgehead atoms. The fraction of sp³-hybridized carbons (Fsp3) is 0.277. The zero-order valence-electron chi connectivity index (χ0n) is 33.9. The molecule has 0 unspecified atom stereocenters. The zero-order chi connectivity index (χ0) is 43.4. The number of aryl methyl sites for hydroxylation is 1. The molecule has 7 rings (SSSR count). The first-order chi connectivity index (χ1) is 29.3. The third-order valence-corrected chi connectivity index (χ3v) is 11.2. The van der Waals surface area contributed by atoms with Crippen LogP contribution in [0.1, 0.15) is 41.8 Å². The molecule has 0 aliphatic carbocycles. The number of nitrogens with one attached hydrogen (secondary N) is 5. The molecule has 2 aliphatic rings. The lowest BCUT2D eigenvalue weighted by atomic mass is 9.98. The number of fused-ring (bicyclic) bond motifs is 16. The lowest BCUT2D eigenvalue weighted by molar-refractivity contribution is -0.146. The Labute approximate surface area is 358 Å². The van der Waals surface area contributed by atoms with Gasteiger partial charge in [-0.25, -0.2) is 4.79 Å². The number of carboxylic acids is 1. The second kappa shape index (κ2) is 20.4. The average molecular weight is 844 g/mol. The Balaban J connectivity index is 1.35. The SMILES string of the molecule is CC(C)(NC(=O)[C@@H]1Cc2ccc(cc2)OCC(=O)N[C@H](Cc2cccs2)C(=O)N[C@@H](Cc2ccc(-c3ccccc3)cc2)C(=O)N[C@H](CCc2ccccc2)C(=O)N1)C(=O)O. The van der Waals surface area contributed by atoms with Gasteiger partial charge in [0.2, 0.25) is 23.6 Å². The highest BCUT2D eigenvalue weighted by molar-refractivity contribution is 7.09. The van der Waals surface area contributed by atoms with Crippen LogP contribution in [-0.2, 0) is 54.5 Å². The molecule has 61 heavy (non-hydrogen) atoms. The van der Waals surface area contributed by atoms with Crippen LogP contribution in [0, 0.1) is 0 Å². The smallest absolute Gasteiger partial charge is 0.328 e.